The minimum absolute atomic E-state index is 0.866. The van der Waals surface area contributed by atoms with Gasteiger partial charge in [0.2, 0.25) is 0 Å². The summed E-state index contributed by atoms with van der Waals surface area (Å²) >= 11 is 0. The summed E-state index contributed by atoms with van der Waals surface area (Å²) in [4.78, 5) is 4.66. The molecule has 0 bridgehead atoms. The Kier molecular flexibility index (Phi) is 8.52. The first kappa shape index (κ1) is 20.5. The Morgan fingerprint density at radius 3 is 2.32 bits per heavy atom. The first-order valence-electron chi connectivity index (χ1n) is 10.8. The van der Waals surface area contributed by atoms with E-state index in [1.165, 1.54) is 60.6 Å². The van der Waals surface area contributed by atoms with E-state index < -0.39 is 0 Å². The third kappa shape index (κ3) is 6.17. The van der Waals surface area contributed by atoms with Crippen LogP contribution in [-0.4, -0.2) is 11.5 Å². The highest BCUT2D eigenvalue weighted by atomic mass is 14.8. The van der Waals surface area contributed by atoms with Crippen molar-refractivity contribution in [3.05, 3.63) is 84.4 Å². The highest BCUT2D eigenvalue weighted by Gasteiger charge is 2.07. The molecule has 0 aliphatic heterocycles. The second-order valence-electron chi connectivity index (χ2n) is 7.57. The van der Waals surface area contributed by atoms with Gasteiger partial charge in [0.1, 0.15) is 0 Å². The predicted molar refractivity (Wildman–Crippen MR) is 120 cm³/mol. The molecule has 28 heavy (non-hydrogen) atoms. The molecule has 0 saturated carbocycles. The predicted octanol–water partition coefficient (Wildman–Crippen LogP) is 6.28. The molecule has 0 saturated heterocycles. The average molecular weight is 374 g/mol. The van der Waals surface area contributed by atoms with Crippen molar-refractivity contribution in [2.75, 3.05) is 6.54 Å². The smallest absolute Gasteiger partial charge is 0.0749 e. The van der Waals surface area contributed by atoms with Crippen LogP contribution in [0.1, 0.15) is 55.2 Å². The lowest BCUT2D eigenvalue weighted by Crippen LogP contribution is -2.14. The van der Waals surface area contributed by atoms with Crippen molar-refractivity contribution in [1.82, 2.24) is 10.3 Å². The zero-order chi connectivity index (χ0) is 19.4. The molecule has 3 aromatic rings. The maximum absolute atomic E-state index is 4.66. The molecule has 0 aliphatic carbocycles. The van der Waals surface area contributed by atoms with Crippen LogP contribution >= 0.6 is 0 Å². The number of hydrogen-bond acceptors (Lipinski definition) is 2. The number of nitrogens with zero attached hydrogens (tertiary/aromatic N) is 1. The van der Waals surface area contributed by atoms with Crippen LogP contribution in [0.15, 0.2) is 60.8 Å². The van der Waals surface area contributed by atoms with Gasteiger partial charge in [0, 0.05) is 18.1 Å². The lowest BCUT2D eigenvalue weighted by molar-refractivity contribution is 0.614. The minimum atomic E-state index is 0.866. The van der Waals surface area contributed by atoms with Gasteiger partial charge in [-0.2, -0.15) is 0 Å². The zero-order valence-electron chi connectivity index (χ0n) is 17.0. The van der Waals surface area contributed by atoms with Crippen molar-refractivity contribution in [2.24, 2.45) is 0 Å². The van der Waals surface area contributed by atoms with Crippen LogP contribution in [0.4, 0.5) is 0 Å². The number of rotatable bonds is 12. The Bertz CT molecular complexity index is 826. The summed E-state index contributed by atoms with van der Waals surface area (Å²) in [7, 11) is 0. The second kappa shape index (κ2) is 11.6. The van der Waals surface area contributed by atoms with Crippen LogP contribution in [0.5, 0.6) is 0 Å². The van der Waals surface area contributed by atoms with Crippen LogP contribution in [-0.2, 0) is 19.4 Å². The second-order valence-corrected chi connectivity index (χ2v) is 7.57. The number of unbranched alkanes of at least 4 members (excludes halogenated alkanes) is 4. The van der Waals surface area contributed by atoms with Crippen LogP contribution in [0.25, 0.3) is 10.9 Å². The van der Waals surface area contributed by atoms with E-state index in [1.807, 2.05) is 6.20 Å². The summed E-state index contributed by atoms with van der Waals surface area (Å²) in [5, 5.41) is 4.76. The van der Waals surface area contributed by atoms with Crippen molar-refractivity contribution in [1.29, 1.82) is 0 Å². The molecular weight excluding hydrogens is 340 g/mol. The fraction of sp³-hybridized carbons (Fsp3) is 0.385. The molecule has 147 valence electrons. The van der Waals surface area contributed by atoms with Crippen molar-refractivity contribution >= 4 is 10.9 Å². The highest BCUT2D eigenvalue weighted by molar-refractivity contribution is 5.85. The van der Waals surface area contributed by atoms with Gasteiger partial charge in [0.05, 0.1) is 5.52 Å². The van der Waals surface area contributed by atoms with Crippen molar-refractivity contribution in [3.8, 4) is 0 Å². The normalized spacial score (nSPS) is 11.2. The van der Waals surface area contributed by atoms with E-state index in [2.05, 4.69) is 71.8 Å². The van der Waals surface area contributed by atoms with Crippen LogP contribution in [0.2, 0.25) is 0 Å². The molecule has 1 N–H and O–H groups in total. The summed E-state index contributed by atoms with van der Waals surface area (Å²) in [6, 6.07) is 19.7. The Morgan fingerprint density at radius 2 is 1.50 bits per heavy atom. The summed E-state index contributed by atoms with van der Waals surface area (Å²) in [5.74, 6) is 0. The molecule has 1 radical (unpaired) electrons. The highest BCUT2D eigenvalue weighted by Crippen LogP contribution is 2.23. The van der Waals surface area contributed by atoms with Crippen molar-refractivity contribution in [2.45, 2.75) is 57.9 Å². The average Bonchev–Trinajstić information content (AvgIpc) is 2.75. The Labute approximate surface area is 170 Å². The Balaban J connectivity index is 1.44. The fourth-order valence-corrected chi connectivity index (χ4v) is 3.82. The quantitative estimate of drug-likeness (QED) is 0.378. The van der Waals surface area contributed by atoms with Gasteiger partial charge in [-0.3, -0.25) is 4.98 Å². The monoisotopic (exact) mass is 373 g/mol. The standard InChI is InChI=1S/C26H33N2/c1-2-19-27-21-24-18-17-23(25-16-11-20-28-26(24)25)15-10-5-3-4-7-12-22-13-8-6-9-14-22/h6,8-9,11,13-14,16-18,20,27H,1-5,7,10,12,15,19,21H2. The SMILES string of the molecule is [CH2]CCNCc1ccc(CCCCCCCc2ccccc2)c2cccnc12. The molecule has 1 aromatic heterocycles. The Morgan fingerprint density at radius 1 is 0.750 bits per heavy atom. The molecule has 0 unspecified atom stereocenters. The van der Waals surface area contributed by atoms with Crippen molar-refractivity contribution in [3.63, 3.8) is 0 Å². The lowest BCUT2D eigenvalue weighted by Gasteiger charge is -2.11. The largest absolute Gasteiger partial charge is 0.313 e. The summed E-state index contributed by atoms with van der Waals surface area (Å²) < 4.78 is 0. The van der Waals surface area contributed by atoms with E-state index >= 15 is 0 Å². The molecule has 1 heterocycles. The summed E-state index contributed by atoms with van der Waals surface area (Å²) in [5.41, 5.74) is 5.34. The number of aromatic nitrogens is 1. The van der Waals surface area contributed by atoms with E-state index in [0.717, 1.165) is 31.4 Å². The molecule has 0 aliphatic rings. The van der Waals surface area contributed by atoms with Crippen LogP contribution < -0.4 is 5.32 Å². The molecular formula is C26H33N2. The third-order valence-corrected chi connectivity index (χ3v) is 5.37. The minimum Gasteiger partial charge on any atom is -0.313 e. The fourth-order valence-electron chi connectivity index (χ4n) is 3.82. The van der Waals surface area contributed by atoms with Crippen molar-refractivity contribution < 1.29 is 0 Å². The first-order valence-corrected chi connectivity index (χ1v) is 10.8. The van der Waals surface area contributed by atoms with E-state index in [0.29, 0.717) is 0 Å². The van der Waals surface area contributed by atoms with Crippen LogP contribution in [0, 0.1) is 6.92 Å². The number of pyridine rings is 1. The van der Waals surface area contributed by atoms with Gasteiger partial charge in [0.15, 0.2) is 0 Å². The molecule has 0 amide bonds. The lowest BCUT2D eigenvalue weighted by atomic mass is 9.98. The molecule has 0 atom stereocenters. The molecule has 3 rings (SSSR count). The number of hydrogen-bond donors (Lipinski definition) is 1. The van der Waals surface area contributed by atoms with Gasteiger partial charge in [-0.15, -0.1) is 0 Å². The van der Waals surface area contributed by atoms with E-state index in [-0.39, 0.29) is 0 Å². The zero-order valence-corrected chi connectivity index (χ0v) is 17.0. The molecule has 0 spiro atoms. The number of benzene rings is 2. The molecule has 2 heteroatoms. The van der Waals surface area contributed by atoms with Crippen LogP contribution in [0.3, 0.4) is 0 Å². The number of fused-ring (bicyclic) bond motifs is 1. The Hall–Kier alpha value is -2.19. The van der Waals surface area contributed by atoms with E-state index in [1.54, 1.807) is 0 Å². The van der Waals surface area contributed by atoms with Gasteiger partial charge >= 0.3 is 0 Å². The van der Waals surface area contributed by atoms with Gasteiger partial charge in [-0.25, -0.2) is 0 Å². The third-order valence-electron chi connectivity index (χ3n) is 5.37. The maximum Gasteiger partial charge on any atom is 0.0749 e. The van der Waals surface area contributed by atoms with E-state index in [4.69, 9.17) is 0 Å². The molecule has 0 fully saturated rings. The van der Waals surface area contributed by atoms with Gasteiger partial charge in [-0.1, -0.05) is 74.7 Å². The summed E-state index contributed by atoms with van der Waals surface area (Å²) in [6.45, 7) is 5.70. The van der Waals surface area contributed by atoms with Gasteiger partial charge < -0.3 is 5.32 Å². The summed E-state index contributed by atoms with van der Waals surface area (Å²) in [6.07, 6.45) is 11.7. The number of nitrogens with one attached hydrogen (secondary N) is 1. The van der Waals surface area contributed by atoms with Gasteiger partial charge in [0.25, 0.3) is 0 Å². The topological polar surface area (TPSA) is 24.9 Å². The number of aryl methyl sites for hydroxylation is 2. The van der Waals surface area contributed by atoms with Gasteiger partial charge in [-0.05, 0) is 61.4 Å². The molecule has 2 nitrogen and oxygen atoms in total. The molecule has 2 aromatic carbocycles. The first-order chi connectivity index (χ1) is 13.9. The van der Waals surface area contributed by atoms with E-state index in [9.17, 15) is 0 Å². The maximum atomic E-state index is 4.66.